The van der Waals surface area contributed by atoms with E-state index in [1.165, 1.54) is 32.1 Å². The van der Waals surface area contributed by atoms with Crippen LogP contribution in [0, 0.1) is 5.92 Å². The van der Waals surface area contributed by atoms with E-state index < -0.39 is 0 Å². The van der Waals surface area contributed by atoms with Crippen molar-refractivity contribution in [3.05, 3.63) is 21.9 Å². The average Bonchev–Trinajstić information content (AvgIpc) is 2.80. The van der Waals surface area contributed by atoms with Crippen LogP contribution in [0.4, 0.5) is 0 Å². The van der Waals surface area contributed by atoms with Gasteiger partial charge in [0.05, 0.1) is 0 Å². The quantitative estimate of drug-likeness (QED) is 0.810. The summed E-state index contributed by atoms with van der Waals surface area (Å²) in [6, 6.07) is 3.58. The first-order valence-electron chi connectivity index (χ1n) is 7.08. The van der Waals surface area contributed by atoms with Gasteiger partial charge in [-0.05, 0) is 49.1 Å². The van der Waals surface area contributed by atoms with Gasteiger partial charge in [-0.25, -0.2) is 0 Å². The highest BCUT2D eigenvalue weighted by Gasteiger charge is 2.24. The summed E-state index contributed by atoms with van der Waals surface area (Å²) in [5, 5.41) is 6.13. The van der Waals surface area contributed by atoms with Gasteiger partial charge < -0.3 is 5.32 Å². The maximum Gasteiger partial charge on any atom is 0.0333 e. The fraction of sp³-hybridized carbons (Fsp3) is 0.733. The third-order valence-electron chi connectivity index (χ3n) is 4.27. The minimum atomic E-state index is 0.612. The second kappa shape index (κ2) is 6.01. The zero-order valence-electron chi connectivity index (χ0n) is 11.3. The van der Waals surface area contributed by atoms with Crippen LogP contribution in [0.1, 0.15) is 62.9 Å². The van der Waals surface area contributed by atoms with Crippen molar-refractivity contribution in [3.63, 3.8) is 0 Å². The number of rotatable bonds is 5. The molecule has 0 bridgehead atoms. The van der Waals surface area contributed by atoms with E-state index in [2.05, 4.69) is 37.5 Å². The summed E-state index contributed by atoms with van der Waals surface area (Å²) in [6.07, 6.45) is 6.53. The Hall–Kier alpha value is -0.340. The Morgan fingerprint density at radius 3 is 2.88 bits per heavy atom. The minimum Gasteiger partial charge on any atom is -0.307 e. The Balaban J connectivity index is 2.01. The Labute approximate surface area is 110 Å². The zero-order valence-corrected chi connectivity index (χ0v) is 12.1. The molecule has 0 fully saturated rings. The summed E-state index contributed by atoms with van der Waals surface area (Å²) in [5.74, 6) is 0.819. The molecular weight excluding hydrogens is 226 g/mol. The van der Waals surface area contributed by atoms with Gasteiger partial charge in [0.15, 0.2) is 0 Å². The van der Waals surface area contributed by atoms with E-state index in [1.54, 1.807) is 10.4 Å². The lowest BCUT2D eigenvalue weighted by Gasteiger charge is -2.31. The van der Waals surface area contributed by atoms with Crippen LogP contribution >= 0.6 is 11.3 Å². The second-order valence-electron chi connectivity index (χ2n) is 5.28. The molecule has 2 atom stereocenters. The van der Waals surface area contributed by atoms with Gasteiger partial charge in [0.1, 0.15) is 0 Å². The number of thiophene rings is 1. The van der Waals surface area contributed by atoms with Gasteiger partial charge in [0.25, 0.3) is 0 Å². The molecule has 0 radical (unpaired) electrons. The number of hydrogen-bond donors (Lipinski definition) is 1. The van der Waals surface area contributed by atoms with Crippen molar-refractivity contribution < 1.29 is 0 Å². The van der Waals surface area contributed by atoms with Gasteiger partial charge in [0.2, 0.25) is 0 Å². The van der Waals surface area contributed by atoms with Gasteiger partial charge in [-0.1, -0.05) is 26.7 Å². The maximum atomic E-state index is 3.87. The lowest BCUT2D eigenvalue weighted by atomic mass is 9.90. The normalized spacial score (nSPS) is 21.5. The van der Waals surface area contributed by atoms with Gasteiger partial charge in [-0.3, -0.25) is 0 Å². The SMILES string of the molecule is CCC(CC)C(C)NC1CCCc2sccc21. The predicted molar refractivity (Wildman–Crippen MR) is 76.7 cm³/mol. The van der Waals surface area contributed by atoms with Crippen molar-refractivity contribution >= 4 is 11.3 Å². The molecule has 1 aromatic rings. The van der Waals surface area contributed by atoms with Crippen molar-refractivity contribution in [1.29, 1.82) is 0 Å². The lowest BCUT2D eigenvalue weighted by Crippen LogP contribution is -2.37. The molecule has 0 saturated carbocycles. The van der Waals surface area contributed by atoms with Crippen molar-refractivity contribution in [2.45, 2.75) is 65.0 Å². The average molecular weight is 251 g/mol. The molecule has 0 spiro atoms. The lowest BCUT2D eigenvalue weighted by molar-refractivity contribution is 0.308. The van der Waals surface area contributed by atoms with Crippen molar-refractivity contribution in [2.24, 2.45) is 5.92 Å². The highest BCUT2D eigenvalue weighted by atomic mass is 32.1. The van der Waals surface area contributed by atoms with Gasteiger partial charge in [-0.15, -0.1) is 11.3 Å². The molecule has 2 rings (SSSR count). The summed E-state index contributed by atoms with van der Waals surface area (Å²) < 4.78 is 0. The third kappa shape index (κ3) is 2.92. The number of aryl methyl sites for hydroxylation is 1. The van der Waals surface area contributed by atoms with E-state index in [0.717, 1.165) is 5.92 Å². The smallest absolute Gasteiger partial charge is 0.0333 e. The monoisotopic (exact) mass is 251 g/mol. The van der Waals surface area contributed by atoms with Crippen LogP contribution in [-0.4, -0.2) is 6.04 Å². The van der Waals surface area contributed by atoms with Gasteiger partial charge in [-0.2, -0.15) is 0 Å². The standard InChI is InChI=1S/C15H25NS/c1-4-12(5-2)11(3)16-14-7-6-8-15-13(14)9-10-17-15/h9-12,14,16H,4-8H2,1-3H3. The molecule has 96 valence electrons. The van der Waals surface area contributed by atoms with Crippen molar-refractivity contribution in [1.82, 2.24) is 5.32 Å². The Kier molecular flexibility index (Phi) is 4.63. The Bertz CT molecular complexity index is 340. The van der Waals surface area contributed by atoms with Crippen LogP contribution in [0.15, 0.2) is 11.4 Å². The summed E-state index contributed by atoms with van der Waals surface area (Å²) in [4.78, 5) is 1.62. The molecule has 17 heavy (non-hydrogen) atoms. The van der Waals surface area contributed by atoms with Crippen LogP contribution < -0.4 is 5.32 Å². The fourth-order valence-corrected chi connectivity index (χ4v) is 4.10. The largest absolute Gasteiger partial charge is 0.307 e. The first-order chi connectivity index (χ1) is 8.26. The van der Waals surface area contributed by atoms with Crippen molar-refractivity contribution in [3.8, 4) is 0 Å². The van der Waals surface area contributed by atoms with Crippen molar-refractivity contribution in [2.75, 3.05) is 0 Å². The number of fused-ring (bicyclic) bond motifs is 1. The second-order valence-corrected chi connectivity index (χ2v) is 6.28. The highest BCUT2D eigenvalue weighted by molar-refractivity contribution is 7.10. The van der Waals surface area contributed by atoms with Crippen LogP contribution in [0.3, 0.4) is 0 Å². The molecule has 2 heteroatoms. The van der Waals surface area contributed by atoms with E-state index in [0.29, 0.717) is 12.1 Å². The molecule has 0 aromatic carbocycles. The summed E-state index contributed by atoms with van der Waals surface area (Å²) in [6.45, 7) is 6.98. The topological polar surface area (TPSA) is 12.0 Å². The third-order valence-corrected chi connectivity index (χ3v) is 5.27. The van der Waals surface area contributed by atoms with E-state index in [-0.39, 0.29) is 0 Å². The van der Waals surface area contributed by atoms with Crippen LogP contribution in [0.5, 0.6) is 0 Å². The zero-order chi connectivity index (χ0) is 12.3. The molecular formula is C15H25NS. The summed E-state index contributed by atoms with van der Waals surface area (Å²) in [7, 11) is 0. The molecule has 0 aliphatic heterocycles. The van der Waals surface area contributed by atoms with E-state index in [1.807, 2.05) is 11.3 Å². The van der Waals surface area contributed by atoms with Crippen LogP contribution in [0.2, 0.25) is 0 Å². The molecule has 0 amide bonds. The number of nitrogens with one attached hydrogen (secondary N) is 1. The van der Waals surface area contributed by atoms with Crippen LogP contribution in [-0.2, 0) is 6.42 Å². The van der Waals surface area contributed by atoms with Gasteiger partial charge >= 0.3 is 0 Å². The van der Waals surface area contributed by atoms with E-state index >= 15 is 0 Å². The van der Waals surface area contributed by atoms with Gasteiger partial charge in [0, 0.05) is 17.0 Å². The predicted octanol–water partition coefficient (Wildman–Crippen LogP) is 4.54. The molecule has 1 aliphatic rings. The molecule has 1 nitrogen and oxygen atoms in total. The summed E-state index contributed by atoms with van der Waals surface area (Å²) in [5.41, 5.74) is 1.58. The van der Waals surface area contributed by atoms with Crippen LogP contribution in [0.25, 0.3) is 0 Å². The minimum absolute atomic E-state index is 0.612. The Morgan fingerprint density at radius 2 is 2.18 bits per heavy atom. The Morgan fingerprint density at radius 1 is 1.41 bits per heavy atom. The van der Waals surface area contributed by atoms with E-state index in [9.17, 15) is 0 Å². The first-order valence-corrected chi connectivity index (χ1v) is 7.96. The first kappa shape index (κ1) is 13.1. The maximum absolute atomic E-state index is 3.87. The highest BCUT2D eigenvalue weighted by Crippen LogP contribution is 2.34. The molecule has 0 saturated heterocycles. The molecule has 1 N–H and O–H groups in total. The molecule has 1 aliphatic carbocycles. The molecule has 1 heterocycles. The molecule has 2 unspecified atom stereocenters. The molecule has 1 aromatic heterocycles. The fourth-order valence-electron chi connectivity index (χ4n) is 3.11. The summed E-state index contributed by atoms with van der Waals surface area (Å²) >= 11 is 1.94. The van der Waals surface area contributed by atoms with E-state index in [4.69, 9.17) is 0 Å². The number of hydrogen-bond acceptors (Lipinski definition) is 2.